The van der Waals surface area contributed by atoms with Crippen molar-refractivity contribution < 1.29 is 9.53 Å². The Morgan fingerprint density at radius 3 is 2.27 bits per heavy atom. The number of hydrogen-bond donors (Lipinski definition) is 0. The van der Waals surface area contributed by atoms with Crippen LogP contribution in [0.5, 0.6) is 5.88 Å². The maximum Gasteiger partial charge on any atom is 0.233 e. The van der Waals surface area contributed by atoms with Crippen molar-refractivity contribution in [3.63, 3.8) is 0 Å². The predicted molar refractivity (Wildman–Crippen MR) is 144 cm³/mol. The number of halogens is 1. The van der Waals surface area contributed by atoms with Crippen molar-refractivity contribution in [1.29, 1.82) is 5.26 Å². The standard InChI is InChI=1S/C30H21ClN4O2/c1-20(36)19-37-30-26(17-32)25(16-28(33-30)21-8-4-2-5-9-21)27-18-35(24-10-6-3-7-11-24)34-29(27)22-12-14-23(31)15-13-22/h2-16,18H,19H2,1H3. The first-order chi connectivity index (χ1) is 18.0. The van der Waals surface area contributed by atoms with Gasteiger partial charge < -0.3 is 4.74 Å². The van der Waals surface area contributed by atoms with Crippen molar-refractivity contribution >= 4 is 17.4 Å². The van der Waals surface area contributed by atoms with E-state index in [0.29, 0.717) is 22.0 Å². The molecule has 5 rings (SSSR count). The van der Waals surface area contributed by atoms with Gasteiger partial charge in [0, 0.05) is 33.5 Å². The van der Waals surface area contributed by atoms with Crippen LogP contribution in [0, 0.1) is 11.3 Å². The minimum Gasteiger partial charge on any atom is -0.469 e. The van der Waals surface area contributed by atoms with Crippen molar-refractivity contribution in [3.8, 4) is 51.3 Å². The first-order valence-corrected chi connectivity index (χ1v) is 12.0. The van der Waals surface area contributed by atoms with Gasteiger partial charge in [-0.2, -0.15) is 10.4 Å². The molecule has 0 radical (unpaired) electrons. The number of carbonyl (C=O) groups is 1. The third-order valence-corrected chi connectivity index (χ3v) is 5.97. The van der Waals surface area contributed by atoms with Gasteiger partial charge in [0.25, 0.3) is 0 Å². The van der Waals surface area contributed by atoms with E-state index in [0.717, 1.165) is 22.4 Å². The summed E-state index contributed by atoms with van der Waals surface area (Å²) in [6, 6.07) is 30.8. The summed E-state index contributed by atoms with van der Waals surface area (Å²) in [5, 5.41) is 15.7. The summed E-state index contributed by atoms with van der Waals surface area (Å²) in [5.41, 5.74) is 5.38. The van der Waals surface area contributed by atoms with Crippen LogP contribution < -0.4 is 4.74 Å². The molecule has 0 aliphatic heterocycles. The molecule has 0 N–H and O–H groups in total. The van der Waals surface area contributed by atoms with Gasteiger partial charge in [0.15, 0.2) is 5.78 Å². The maximum absolute atomic E-state index is 11.7. The topological polar surface area (TPSA) is 80.8 Å². The largest absolute Gasteiger partial charge is 0.469 e. The number of Topliss-reactive ketones (excluding diaryl/α,β-unsaturated/α-hetero) is 1. The molecule has 7 heteroatoms. The molecule has 0 unspecified atom stereocenters. The zero-order valence-electron chi connectivity index (χ0n) is 19.9. The highest BCUT2D eigenvalue weighted by atomic mass is 35.5. The van der Waals surface area contributed by atoms with Crippen LogP contribution in [0.1, 0.15) is 12.5 Å². The molecule has 6 nitrogen and oxygen atoms in total. The van der Waals surface area contributed by atoms with Gasteiger partial charge in [-0.1, -0.05) is 72.3 Å². The Kier molecular flexibility index (Phi) is 6.80. The lowest BCUT2D eigenvalue weighted by Crippen LogP contribution is -2.09. The molecule has 0 amide bonds. The molecule has 180 valence electrons. The Balaban J connectivity index is 1.78. The number of carbonyl (C=O) groups excluding carboxylic acids is 1. The van der Waals surface area contributed by atoms with Crippen molar-refractivity contribution in [2.75, 3.05) is 6.61 Å². The number of nitrogens with zero attached hydrogens (tertiary/aromatic N) is 4. The number of hydrogen-bond acceptors (Lipinski definition) is 5. The van der Waals surface area contributed by atoms with E-state index in [4.69, 9.17) is 21.4 Å². The van der Waals surface area contributed by atoms with E-state index in [1.807, 2.05) is 85.1 Å². The SMILES string of the molecule is CC(=O)COc1nc(-c2ccccc2)cc(-c2cn(-c3ccccc3)nc2-c2ccc(Cl)cc2)c1C#N. The van der Waals surface area contributed by atoms with E-state index in [1.54, 1.807) is 16.8 Å². The monoisotopic (exact) mass is 504 g/mol. The third-order valence-electron chi connectivity index (χ3n) is 5.72. The van der Waals surface area contributed by atoms with E-state index in [2.05, 4.69) is 11.1 Å². The second-order valence-corrected chi connectivity index (χ2v) is 8.82. The molecule has 0 aliphatic rings. The van der Waals surface area contributed by atoms with Crippen LogP contribution in [0.15, 0.2) is 97.2 Å². The normalized spacial score (nSPS) is 10.6. The van der Waals surface area contributed by atoms with Gasteiger partial charge in [0.2, 0.25) is 5.88 Å². The lowest BCUT2D eigenvalue weighted by atomic mass is 9.96. The highest BCUT2D eigenvalue weighted by Gasteiger charge is 2.22. The summed E-state index contributed by atoms with van der Waals surface area (Å²) in [6.07, 6.45) is 1.89. The second kappa shape index (κ2) is 10.5. The highest BCUT2D eigenvalue weighted by Crippen LogP contribution is 2.39. The van der Waals surface area contributed by atoms with E-state index in [9.17, 15) is 10.1 Å². The lowest BCUT2D eigenvalue weighted by Gasteiger charge is -2.13. The Hall–Kier alpha value is -4.73. The van der Waals surface area contributed by atoms with Crippen molar-refractivity contribution in [1.82, 2.24) is 14.8 Å². The number of ketones is 1. The van der Waals surface area contributed by atoms with Crippen LogP contribution in [0.3, 0.4) is 0 Å². The number of para-hydroxylation sites is 1. The molecule has 2 heterocycles. The van der Waals surface area contributed by atoms with Crippen molar-refractivity contribution in [2.45, 2.75) is 6.92 Å². The number of benzene rings is 3. The highest BCUT2D eigenvalue weighted by molar-refractivity contribution is 6.30. The van der Waals surface area contributed by atoms with Crippen LogP contribution >= 0.6 is 11.6 Å². The van der Waals surface area contributed by atoms with Gasteiger partial charge in [-0.25, -0.2) is 9.67 Å². The Morgan fingerprint density at radius 2 is 1.62 bits per heavy atom. The zero-order chi connectivity index (χ0) is 25.8. The van der Waals surface area contributed by atoms with Crippen LogP contribution in [0.2, 0.25) is 5.02 Å². The molecule has 37 heavy (non-hydrogen) atoms. The van der Waals surface area contributed by atoms with Crippen LogP contribution in [0.4, 0.5) is 0 Å². The van der Waals surface area contributed by atoms with Gasteiger partial charge >= 0.3 is 0 Å². The van der Waals surface area contributed by atoms with Gasteiger partial charge in [-0.3, -0.25) is 4.79 Å². The van der Waals surface area contributed by atoms with E-state index >= 15 is 0 Å². The number of rotatable bonds is 7. The number of aromatic nitrogens is 3. The molecular formula is C30H21ClN4O2. The molecule has 0 aliphatic carbocycles. The summed E-state index contributed by atoms with van der Waals surface area (Å²) >= 11 is 6.15. The fraction of sp³-hybridized carbons (Fsp3) is 0.0667. The third kappa shape index (κ3) is 5.13. The van der Waals surface area contributed by atoms with E-state index < -0.39 is 0 Å². The first-order valence-electron chi connectivity index (χ1n) is 11.6. The first kappa shape index (κ1) is 24.0. The fourth-order valence-corrected chi connectivity index (χ4v) is 4.10. The molecule has 0 fully saturated rings. The van der Waals surface area contributed by atoms with E-state index in [-0.39, 0.29) is 23.8 Å². The van der Waals surface area contributed by atoms with Crippen LogP contribution in [-0.2, 0) is 4.79 Å². The molecule has 5 aromatic rings. The maximum atomic E-state index is 11.7. The van der Waals surface area contributed by atoms with Gasteiger partial charge in [-0.15, -0.1) is 0 Å². The quantitative estimate of drug-likeness (QED) is 0.244. The van der Waals surface area contributed by atoms with Gasteiger partial charge in [0.05, 0.1) is 11.4 Å². The zero-order valence-corrected chi connectivity index (χ0v) is 20.7. The molecule has 0 atom stereocenters. The summed E-state index contributed by atoms with van der Waals surface area (Å²) < 4.78 is 7.52. The average Bonchev–Trinajstić information content (AvgIpc) is 3.38. The van der Waals surface area contributed by atoms with Crippen LogP contribution in [-0.4, -0.2) is 27.2 Å². The van der Waals surface area contributed by atoms with Crippen molar-refractivity contribution in [2.24, 2.45) is 0 Å². The molecule has 0 bridgehead atoms. The molecule has 0 saturated carbocycles. The molecule has 0 saturated heterocycles. The van der Waals surface area contributed by atoms with E-state index in [1.165, 1.54) is 6.92 Å². The summed E-state index contributed by atoms with van der Waals surface area (Å²) in [5.74, 6) is -0.0697. The van der Waals surface area contributed by atoms with Crippen molar-refractivity contribution in [3.05, 3.63) is 108 Å². The molecule has 0 spiro atoms. The average molecular weight is 505 g/mol. The number of ether oxygens (including phenoxy) is 1. The van der Waals surface area contributed by atoms with Gasteiger partial charge in [0.1, 0.15) is 23.9 Å². The summed E-state index contributed by atoms with van der Waals surface area (Å²) in [4.78, 5) is 16.3. The lowest BCUT2D eigenvalue weighted by molar-refractivity contribution is -0.119. The number of nitriles is 1. The van der Waals surface area contributed by atoms with Gasteiger partial charge in [-0.05, 0) is 37.3 Å². The smallest absolute Gasteiger partial charge is 0.233 e. The molecular weight excluding hydrogens is 484 g/mol. The summed E-state index contributed by atoms with van der Waals surface area (Å²) in [7, 11) is 0. The fourth-order valence-electron chi connectivity index (χ4n) is 3.98. The molecule has 3 aromatic carbocycles. The molecule has 2 aromatic heterocycles. The minimum atomic E-state index is -0.188. The summed E-state index contributed by atoms with van der Waals surface area (Å²) in [6.45, 7) is 1.24. The predicted octanol–water partition coefficient (Wildman–Crippen LogP) is 6.76. The Morgan fingerprint density at radius 1 is 0.946 bits per heavy atom. The second-order valence-electron chi connectivity index (χ2n) is 8.38. The Bertz CT molecular complexity index is 1610. The Labute approximate surface area is 219 Å². The van der Waals surface area contributed by atoms with Crippen LogP contribution in [0.25, 0.3) is 39.3 Å². The minimum absolute atomic E-state index is 0.101. The number of pyridine rings is 1.